The van der Waals surface area contributed by atoms with Crippen molar-refractivity contribution in [2.45, 2.75) is 0 Å². The Kier molecular flexibility index (Phi) is 4.22. The SMILES string of the molecule is COc1c(N=O)cc(I)cc1C(=O)N(C)C. The van der Waals surface area contributed by atoms with E-state index in [9.17, 15) is 9.70 Å². The Labute approximate surface area is 107 Å². The van der Waals surface area contributed by atoms with Crippen molar-refractivity contribution >= 4 is 34.2 Å². The summed E-state index contributed by atoms with van der Waals surface area (Å²) in [4.78, 5) is 23.9. The van der Waals surface area contributed by atoms with Crippen molar-refractivity contribution in [2.75, 3.05) is 21.2 Å². The van der Waals surface area contributed by atoms with Gasteiger partial charge in [-0.05, 0) is 39.9 Å². The summed E-state index contributed by atoms with van der Waals surface area (Å²) in [7, 11) is 4.68. The maximum Gasteiger partial charge on any atom is 0.257 e. The lowest BCUT2D eigenvalue weighted by atomic mass is 10.1. The monoisotopic (exact) mass is 334 g/mol. The zero-order valence-electron chi connectivity index (χ0n) is 9.15. The molecular formula is C10H11IN2O3. The molecule has 0 aliphatic rings. The highest BCUT2D eigenvalue weighted by Gasteiger charge is 2.19. The Hall–Kier alpha value is -1.18. The topological polar surface area (TPSA) is 59.0 Å². The summed E-state index contributed by atoms with van der Waals surface area (Å²) < 4.78 is 5.81. The average molecular weight is 334 g/mol. The number of carbonyl (C=O) groups excluding carboxylic acids is 1. The summed E-state index contributed by atoms with van der Waals surface area (Å²) >= 11 is 2.02. The number of rotatable bonds is 3. The second-order valence-corrected chi connectivity index (χ2v) is 4.54. The number of ether oxygens (including phenoxy) is 1. The standard InChI is InChI=1S/C10H11IN2O3/c1-13(2)10(14)7-4-6(11)5-8(12-15)9(7)16-3/h4-5H,1-3H3. The minimum absolute atomic E-state index is 0.139. The number of nitroso groups, excluding NO2 is 1. The highest BCUT2D eigenvalue weighted by atomic mass is 127. The first-order valence-electron chi connectivity index (χ1n) is 4.43. The molecule has 0 heterocycles. The number of amides is 1. The van der Waals surface area contributed by atoms with Crippen LogP contribution in [0.2, 0.25) is 0 Å². The molecule has 0 saturated carbocycles. The van der Waals surface area contributed by atoms with Gasteiger partial charge in [-0.2, -0.15) is 0 Å². The molecule has 0 saturated heterocycles. The van der Waals surface area contributed by atoms with E-state index in [1.165, 1.54) is 12.0 Å². The van der Waals surface area contributed by atoms with Crippen LogP contribution in [0.25, 0.3) is 0 Å². The van der Waals surface area contributed by atoms with Gasteiger partial charge < -0.3 is 9.64 Å². The highest BCUT2D eigenvalue weighted by molar-refractivity contribution is 14.1. The molecule has 16 heavy (non-hydrogen) atoms. The number of nitrogens with zero attached hydrogens (tertiary/aromatic N) is 2. The summed E-state index contributed by atoms with van der Waals surface area (Å²) in [6.45, 7) is 0. The molecule has 0 N–H and O–H groups in total. The molecule has 1 rings (SSSR count). The normalized spacial score (nSPS) is 9.75. The van der Waals surface area contributed by atoms with Gasteiger partial charge in [-0.15, -0.1) is 4.91 Å². The van der Waals surface area contributed by atoms with Crippen LogP contribution in [-0.4, -0.2) is 32.0 Å². The summed E-state index contributed by atoms with van der Waals surface area (Å²) in [5.74, 6) is -0.00520. The Balaban J connectivity index is 3.42. The van der Waals surface area contributed by atoms with Crippen molar-refractivity contribution < 1.29 is 9.53 Å². The predicted molar refractivity (Wildman–Crippen MR) is 69.2 cm³/mol. The Morgan fingerprint density at radius 1 is 1.44 bits per heavy atom. The zero-order chi connectivity index (χ0) is 12.3. The van der Waals surface area contributed by atoms with Gasteiger partial charge in [0.25, 0.3) is 5.91 Å². The molecule has 5 nitrogen and oxygen atoms in total. The molecule has 0 atom stereocenters. The second-order valence-electron chi connectivity index (χ2n) is 3.30. The van der Waals surface area contributed by atoms with Gasteiger partial charge in [-0.3, -0.25) is 4.79 Å². The number of halogens is 1. The van der Waals surface area contributed by atoms with E-state index in [2.05, 4.69) is 5.18 Å². The quantitative estimate of drug-likeness (QED) is 0.630. The molecule has 86 valence electrons. The molecule has 0 fully saturated rings. The van der Waals surface area contributed by atoms with Gasteiger partial charge in [0, 0.05) is 17.7 Å². The van der Waals surface area contributed by atoms with E-state index in [1.807, 2.05) is 22.6 Å². The van der Waals surface area contributed by atoms with Crippen molar-refractivity contribution in [3.8, 4) is 5.75 Å². The Morgan fingerprint density at radius 2 is 2.06 bits per heavy atom. The Morgan fingerprint density at radius 3 is 2.50 bits per heavy atom. The lowest BCUT2D eigenvalue weighted by Crippen LogP contribution is -2.22. The van der Waals surface area contributed by atoms with Gasteiger partial charge in [0.1, 0.15) is 0 Å². The van der Waals surface area contributed by atoms with Crippen LogP contribution in [0.5, 0.6) is 5.75 Å². The lowest BCUT2D eigenvalue weighted by Gasteiger charge is -2.14. The van der Waals surface area contributed by atoms with Crippen LogP contribution >= 0.6 is 22.6 Å². The van der Waals surface area contributed by atoms with Crippen LogP contribution < -0.4 is 4.74 Å². The van der Waals surface area contributed by atoms with Gasteiger partial charge >= 0.3 is 0 Å². The minimum Gasteiger partial charge on any atom is -0.494 e. The third-order valence-corrected chi connectivity index (χ3v) is 2.60. The first-order valence-corrected chi connectivity index (χ1v) is 5.51. The second kappa shape index (κ2) is 5.24. The van der Waals surface area contributed by atoms with E-state index in [4.69, 9.17) is 4.74 Å². The van der Waals surface area contributed by atoms with Crippen molar-refractivity contribution in [1.82, 2.24) is 4.90 Å². The molecule has 0 aliphatic heterocycles. The third-order valence-electron chi connectivity index (χ3n) is 1.97. The van der Waals surface area contributed by atoms with E-state index in [-0.39, 0.29) is 17.3 Å². The number of benzene rings is 1. The largest absolute Gasteiger partial charge is 0.494 e. The minimum atomic E-state index is -0.222. The van der Waals surface area contributed by atoms with Crippen molar-refractivity contribution in [3.63, 3.8) is 0 Å². The average Bonchev–Trinajstić information content (AvgIpc) is 2.26. The van der Waals surface area contributed by atoms with Crippen LogP contribution in [0.15, 0.2) is 17.3 Å². The fourth-order valence-electron chi connectivity index (χ4n) is 1.26. The number of hydrogen-bond acceptors (Lipinski definition) is 4. The van der Waals surface area contributed by atoms with Crippen LogP contribution in [0.3, 0.4) is 0 Å². The maximum absolute atomic E-state index is 11.8. The van der Waals surface area contributed by atoms with E-state index < -0.39 is 0 Å². The smallest absolute Gasteiger partial charge is 0.257 e. The fourth-order valence-corrected chi connectivity index (χ4v) is 1.87. The molecule has 1 amide bonds. The van der Waals surface area contributed by atoms with Gasteiger partial charge in [-0.1, -0.05) is 0 Å². The van der Waals surface area contributed by atoms with E-state index in [1.54, 1.807) is 26.2 Å². The van der Waals surface area contributed by atoms with Crippen molar-refractivity contribution in [2.24, 2.45) is 5.18 Å². The molecule has 1 aromatic rings. The number of hydrogen-bond donors (Lipinski definition) is 0. The van der Waals surface area contributed by atoms with Gasteiger partial charge in [0.05, 0.1) is 12.7 Å². The van der Waals surface area contributed by atoms with Crippen LogP contribution in [0.1, 0.15) is 10.4 Å². The predicted octanol–water partition coefficient (Wildman–Crippen LogP) is 2.40. The molecular weight excluding hydrogens is 323 g/mol. The molecule has 0 aliphatic carbocycles. The molecule has 0 radical (unpaired) electrons. The summed E-state index contributed by atoms with van der Waals surface area (Å²) in [6.07, 6.45) is 0. The van der Waals surface area contributed by atoms with E-state index in [0.717, 1.165) is 3.57 Å². The summed E-state index contributed by atoms with van der Waals surface area (Å²) in [5.41, 5.74) is 0.480. The molecule has 1 aromatic carbocycles. The first-order chi connectivity index (χ1) is 7.51. The third kappa shape index (κ3) is 2.49. The van der Waals surface area contributed by atoms with Crippen LogP contribution in [-0.2, 0) is 0 Å². The summed E-state index contributed by atoms with van der Waals surface area (Å²) in [6, 6.07) is 3.23. The van der Waals surface area contributed by atoms with Crippen molar-refractivity contribution in [1.29, 1.82) is 0 Å². The molecule has 6 heteroatoms. The van der Waals surface area contributed by atoms with E-state index in [0.29, 0.717) is 5.56 Å². The van der Waals surface area contributed by atoms with Crippen LogP contribution in [0, 0.1) is 8.48 Å². The fraction of sp³-hybridized carbons (Fsp3) is 0.300. The number of methoxy groups -OCH3 is 1. The lowest BCUT2D eigenvalue weighted by molar-refractivity contribution is 0.0824. The zero-order valence-corrected chi connectivity index (χ0v) is 11.3. The molecule has 0 spiro atoms. The van der Waals surface area contributed by atoms with Crippen molar-refractivity contribution in [3.05, 3.63) is 26.2 Å². The Bertz CT molecular complexity index is 432. The maximum atomic E-state index is 11.8. The van der Waals surface area contributed by atoms with Crippen LogP contribution in [0.4, 0.5) is 5.69 Å². The molecule has 0 unspecified atom stereocenters. The van der Waals surface area contributed by atoms with Gasteiger partial charge in [0.15, 0.2) is 11.4 Å². The van der Waals surface area contributed by atoms with Gasteiger partial charge in [-0.25, -0.2) is 0 Å². The highest BCUT2D eigenvalue weighted by Crippen LogP contribution is 2.33. The van der Waals surface area contributed by atoms with E-state index >= 15 is 0 Å². The molecule has 0 bridgehead atoms. The van der Waals surface area contributed by atoms with Gasteiger partial charge in [0.2, 0.25) is 0 Å². The summed E-state index contributed by atoms with van der Waals surface area (Å²) in [5, 5.41) is 2.85. The molecule has 0 aromatic heterocycles. The first kappa shape index (κ1) is 12.9. The number of carbonyl (C=O) groups is 1.